The number of fused-ring (bicyclic) bond motifs is 1. The SMILES string of the molecule is CCC(=O)NCCOc1ccc(Cl)cc1C(=O)NC1N=C(c2c(Cl)cc(Cl)cc2Cl)c2ccccc2NC1=O. The first-order chi connectivity index (χ1) is 18.7. The number of benzene rings is 3. The van der Waals surface area contributed by atoms with E-state index in [0.717, 1.165) is 0 Å². The van der Waals surface area contributed by atoms with Crippen molar-refractivity contribution >= 4 is 75.5 Å². The van der Waals surface area contributed by atoms with Crippen LogP contribution in [0.25, 0.3) is 0 Å². The molecule has 8 nitrogen and oxygen atoms in total. The summed E-state index contributed by atoms with van der Waals surface area (Å²) in [6.45, 7) is 2.10. The summed E-state index contributed by atoms with van der Waals surface area (Å²) >= 11 is 25.3. The lowest BCUT2D eigenvalue weighted by molar-refractivity contribution is -0.121. The number of hydrogen-bond donors (Lipinski definition) is 3. The molecule has 3 amide bonds. The third-order valence-electron chi connectivity index (χ3n) is 5.65. The van der Waals surface area contributed by atoms with Crippen molar-refractivity contribution in [3.8, 4) is 5.75 Å². The van der Waals surface area contributed by atoms with Gasteiger partial charge >= 0.3 is 0 Å². The Morgan fingerprint density at radius 3 is 2.44 bits per heavy atom. The second-order valence-corrected chi connectivity index (χ2v) is 10.0. The van der Waals surface area contributed by atoms with Gasteiger partial charge < -0.3 is 20.7 Å². The van der Waals surface area contributed by atoms with Gasteiger partial charge in [-0.1, -0.05) is 71.5 Å². The molecule has 0 aromatic heterocycles. The first kappa shape index (κ1) is 28.7. The number of amides is 3. The van der Waals surface area contributed by atoms with Crippen LogP contribution in [0.4, 0.5) is 5.69 Å². The molecule has 0 saturated heterocycles. The van der Waals surface area contributed by atoms with Crippen LogP contribution in [-0.4, -0.2) is 42.8 Å². The maximum Gasteiger partial charge on any atom is 0.269 e. The van der Waals surface area contributed by atoms with E-state index in [1.54, 1.807) is 37.3 Å². The lowest BCUT2D eigenvalue weighted by atomic mass is 10.0. The highest BCUT2D eigenvalue weighted by atomic mass is 35.5. The summed E-state index contributed by atoms with van der Waals surface area (Å²) < 4.78 is 5.71. The molecule has 0 spiro atoms. The van der Waals surface area contributed by atoms with E-state index in [-0.39, 0.29) is 51.2 Å². The molecular weight excluding hydrogens is 586 g/mol. The first-order valence-electron chi connectivity index (χ1n) is 11.8. The summed E-state index contributed by atoms with van der Waals surface area (Å²) in [7, 11) is 0. The number of nitrogens with zero attached hydrogens (tertiary/aromatic N) is 1. The van der Waals surface area contributed by atoms with Crippen LogP contribution in [-0.2, 0) is 9.59 Å². The Bertz CT molecular complexity index is 1450. The van der Waals surface area contributed by atoms with Gasteiger partial charge in [0, 0.05) is 27.6 Å². The minimum Gasteiger partial charge on any atom is -0.491 e. The number of carbonyl (C=O) groups excluding carboxylic acids is 3. The summed E-state index contributed by atoms with van der Waals surface area (Å²) in [6.07, 6.45) is -1.02. The molecule has 202 valence electrons. The fraction of sp³-hybridized carbons (Fsp3) is 0.185. The van der Waals surface area contributed by atoms with Crippen LogP contribution >= 0.6 is 46.4 Å². The van der Waals surface area contributed by atoms with E-state index in [4.69, 9.17) is 51.1 Å². The number of ether oxygens (including phenoxy) is 1. The standard InChI is InChI=1S/C27H22Cl4N4O4/c1-2-22(36)32-9-10-39-21-8-7-14(28)11-17(21)26(37)35-25-27(38)33-20-6-4-3-5-16(20)24(34-25)23-18(30)12-15(29)13-19(23)31/h3-8,11-13,25H,2,9-10H2,1H3,(H,32,36)(H,33,38)(H,35,37). The Hall–Kier alpha value is -3.30. The van der Waals surface area contributed by atoms with Crippen molar-refractivity contribution in [3.05, 3.63) is 91.4 Å². The van der Waals surface area contributed by atoms with Gasteiger partial charge in [-0.2, -0.15) is 0 Å². The quantitative estimate of drug-likeness (QED) is 0.283. The van der Waals surface area contributed by atoms with Crippen molar-refractivity contribution in [2.24, 2.45) is 4.99 Å². The van der Waals surface area contributed by atoms with Crippen LogP contribution in [0.15, 0.2) is 59.6 Å². The zero-order valence-electron chi connectivity index (χ0n) is 20.5. The number of hydrogen-bond acceptors (Lipinski definition) is 5. The predicted molar refractivity (Wildman–Crippen MR) is 154 cm³/mol. The van der Waals surface area contributed by atoms with E-state index >= 15 is 0 Å². The predicted octanol–water partition coefficient (Wildman–Crippen LogP) is 5.75. The lowest BCUT2D eigenvalue weighted by Crippen LogP contribution is -2.42. The van der Waals surface area contributed by atoms with E-state index in [9.17, 15) is 14.4 Å². The van der Waals surface area contributed by atoms with Crippen LogP contribution in [0.1, 0.15) is 34.8 Å². The summed E-state index contributed by atoms with van der Waals surface area (Å²) in [5.41, 5.74) is 1.73. The number of para-hydroxylation sites is 1. The van der Waals surface area contributed by atoms with Crippen molar-refractivity contribution in [3.63, 3.8) is 0 Å². The largest absolute Gasteiger partial charge is 0.491 e. The van der Waals surface area contributed by atoms with Gasteiger partial charge in [0.15, 0.2) is 0 Å². The molecule has 0 aliphatic carbocycles. The summed E-state index contributed by atoms with van der Waals surface area (Å²) in [5, 5.41) is 9.18. The van der Waals surface area contributed by atoms with Crippen molar-refractivity contribution in [2.75, 3.05) is 18.5 Å². The molecule has 4 rings (SSSR count). The second kappa shape index (κ2) is 12.7. The third-order valence-corrected chi connectivity index (χ3v) is 6.70. The highest BCUT2D eigenvalue weighted by molar-refractivity contribution is 6.44. The van der Waals surface area contributed by atoms with Crippen molar-refractivity contribution in [1.29, 1.82) is 0 Å². The summed E-state index contributed by atoms with van der Waals surface area (Å²) in [6, 6.07) is 14.5. The van der Waals surface area contributed by atoms with Gasteiger partial charge in [-0.3, -0.25) is 14.4 Å². The van der Waals surface area contributed by atoms with Crippen molar-refractivity contribution in [2.45, 2.75) is 19.5 Å². The zero-order valence-corrected chi connectivity index (χ0v) is 23.5. The van der Waals surface area contributed by atoms with Crippen molar-refractivity contribution in [1.82, 2.24) is 10.6 Å². The number of anilines is 1. The number of aliphatic imine (C=N–C) groups is 1. The second-order valence-electron chi connectivity index (χ2n) is 8.33. The molecule has 1 atom stereocenters. The molecular formula is C27H22Cl4N4O4. The van der Waals surface area contributed by atoms with E-state index in [0.29, 0.717) is 28.3 Å². The molecule has 3 aromatic carbocycles. The number of rotatable bonds is 8. The molecule has 1 heterocycles. The average Bonchev–Trinajstić information content (AvgIpc) is 3.02. The van der Waals surface area contributed by atoms with Crippen LogP contribution in [0, 0.1) is 0 Å². The fourth-order valence-electron chi connectivity index (χ4n) is 3.81. The Balaban J connectivity index is 1.67. The van der Waals surface area contributed by atoms with Gasteiger partial charge in [-0.15, -0.1) is 0 Å². The Kier molecular flexibility index (Phi) is 9.35. The molecule has 1 aliphatic rings. The van der Waals surface area contributed by atoms with Gasteiger partial charge in [0.25, 0.3) is 11.8 Å². The molecule has 0 fully saturated rings. The van der Waals surface area contributed by atoms with E-state index < -0.39 is 18.0 Å². The number of nitrogens with one attached hydrogen (secondary N) is 3. The topological polar surface area (TPSA) is 109 Å². The molecule has 0 saturated carbocycles. The van der Waals surface area contributed by atoms with Crippen LogP contribution in [0.3, 0.4) is 0 Å². The monoisotopic (exact) mass is 606 g/mol. The zero-order chi connectivity index (χ0) is 28.1. The number of benzodiazepines with no additional fused rings is 1. The van der Waals surface area contributed by atoms with Crippen LogP contribution in [0.2, 0.25) is 20.1 Å². The average molecular weight is 608 g/mol. The lowest BCUT2D eigenvalue weighted by Gasteiger charge is -2.16. The van der Waals surface area contributed by atoms with Gasteiger partial charge in [-0.25, -0.2) is 4.99 Å². The molecule has 39 heavy (non-hydrogen) atoms. The third kappa shape index (κ3) is 6.83. The maximum absolute atomic E-state index is 13.4. The van der Waals surface area contributed by atoms with Gasteiger partial charge in [0.2, 0.25) is 12.1 Å². The molecule has 0 radical (unpaired) electrons. The van der Waals surface area contributed by atoms with Crippen molar-refractivity contribution < 1.29 is 19.1 Å². The molecule has 12 heteroatoms. The Labute approximate surface area is 244 Å². The minimum atomic E-state index is -1.36. The van der Waals surface area contributed by atoms with Gasteiger partial charge in [0.05, 0.1) is 33.6 Å². The molecule has 1 unspecified atom stereocenters. The highest BCUT2D eigenvalue weighted by Crippen LogP contribution is 2.34. The van der Waals surface area contributed by atoms with E-state index in [1.807, 2.05) is 0 Å². The molecule has 0 bridgehead atoms. The van der Waals surface area contributed by atoms with Gasteiger partial charge in [0.1, 0.15) is 12.4 Å². The number of carbonyl (C=O) groups is 3. The smallest absolute Gasteiger partial charge is 0.269 e. The summed E-state index contributed by atoms with van der Waals surface area (Å²) in [5.74, 6) is -1.15. The van der Waals surface area contributed by atoms with E-state index in [2.05, 4.69) is 20.9 Å². The van der Waals surface area contributed by atoms with E-state index in [1.165, 1.54) is 24.3 Å². The molecule has 3 aromatic rings. The normalized spacial score (nSPS) is 14.4. The van der Waals surface area contributed by atoms with Gasteiger partial charge in [-0.05, 0) is 36.4 Å². The first-order valence-corrected chi connectivity index (χ1v) is 13.3. The minimum absolute atomic E-state index is 0.0817. The maximum atomic E-state index is 13.4. The molecule has 1 aliphatic heterocycles. The highest BCUT2D eigenvalue weighted by Gasteiger charge is 2.30. The number of halogens is 4. The molecule has 3 N–H and O–H groups in total. The Morgan fingerprint density at radius 2 is 1.72 bits per heavy atom. The van der Waals surface area contributed by atoms with Crippen LogP contribution in [0.5, 0.6) is 5.75 Å². The Morgan fingerprint density at radius 1 is 1.00 bits per heavy atom. The van der Waals surface area contributed by atoms with Crippen LogP contribution < -0.4 is 20.7 Å². The summed E-state index contributed by atoms with van der Waals surface area (Å²) in [4.78, 5) is 42.6. The fourth-order valence-corrected chi connectivity index (χ4v) is 4.97.